The molecule has 3 nitrogen and oxygen atoms in total. The number of halogens is 1. The van der Waals surface area contributed by atoms with Gasteiger partial charge >= 0.3 is 0 Å². The molecule has 1 aromatic heterocycles. The highest BCUT2D eigenvalue weighted by atomic mass is 35.5. The molecule has 4 heteroatoms. The molecule has 0 bridgehead atoms. The van der Waals surface area contributed by atoms with E-state index in [9.17, 15) is 0 Å². The standard InChI is InChI=1S/C22H29ClN2O/c1-21(2)12-16(13-22(3,4)26-21)19-14-25(18-9-7-17(23)8-10-18)20(24-19)11-15-5-6-15/h7-10,14-16H,5-6,11-13H2,1-4H3. The number of nitrogens with zero attached hydrogens (tertiary/aromatic N) is 2. The lowest BCUT2D eigenvalue weighted by Gasteiger charge is -2.45. The Morgan fingerprint density at radius 2 is 1.69 bits per heavy atom. The third-order valence-corrected chi connectivity index (χ3v) is 5.77. The van der Waals surface area contributed by atoms with Gasteiger partial charge < -0.3 is 9.30 Å². The van der Waals surface area contributed by atoms with Gasteiger partial charge in [0.15, 0.2) is 0 Å². The first-order valence-electron chi connectivity index (χ1n) is 9.75. The van der Waals surface area contributed by atoms with Crippen molar-refractivity contribution < 1.29 is 4.74 Å². The third kappa shape index (κ3) is 3.99. The van der Waals surface area contributed by atoms with Gasteiger partial charge in [-0.3, -0.25) is 0 Å². The highest BCUT2D eigenvalue weighted by molar-refractivity contribution is 6.30. The fourth-order valence-electron chi connectivity index (χ4n) is 4.48. The Labute approximate surface area is 161 Å². The fourth-order valence-corrected chi connectivity index (χ4v) is 4.61. The van der Waals surface area contributed by atoms with E-state index >= 15 is 0 Å². The number of aromatic nitrogens is 2. The van der Waals surface area contributed by atoms with Crippen LogP contribution in [-0.4, -0.2) is 20.8 Å². The lowest BCUT2D eigenvalue weighted by Crippen LogP contribution is -2.44. The van der Waals surface area contributed by atoms with Gasteiger partial charge in [-0.15, -0.1) is 0 Å². The number of imidazole rings is 1. The molecule has 2 fully saturated rings. The van der Waals surface area contributed by atoms with Crippen LogP contribution in [0.25, 0.3) is 5.69 Å². The van der Waals surface area contributed by atoms with Crippen LogP contribution in [0.3, 0.4) is 0 Å². The quantitative estimate of drug-likeness (QED) is 0.665. The molecule has 0 spiro atoms. The van der Waals surface area contributed by atoms with Crippen molar-refractivity contribution in [3.63, 3.8) is 0 Å². The van der Waals surface area contributed by atoms with Gasteiger partial charge in [0.25, 0.3) is 0 Å². The lowest BCUT2D eigenvalue weighted by atomic mass is 9.79. The SMILES string of the molecule is CC1(C)CC(c2cn(-c3ccc(Cl)cc3)c(CC3CC3)n2)CC(C)(C)O1. The number of hydrogen-bond acceptors (Lipinski definition) is 2. The molecular weight excluding hydrogens is 344 g/mol. The molecule has 1 saturated carbocycles. The van der Waals surface area contributed by atoms with Crippen LogP contribution < -0.4 is 0 Å². The van der Waals surface area contributed by atoms with Crippen molar-refractivity contribution in [2.24, 2.45) is 5.92 Å². The molecule has 140 valence electrons. The second kappa shape index (κ2) is 6.38. The highest BCUT2D eigenvalue weighted by Gasteiger charge is 2.41. The monoisotopic (exact) mass is 372 g/mol. The minimum atomic E-state index is -0.118. The predicted molar refractivity (Wildman–Crippen MR) is 106 cm³/mol. The van der Waals surface area contributed by atoms with Crippen LogP contribution in [0, 0.1) is 5.92 Å². The lowest BCUT2D eigenvalue weighted by molar-refractivity contribution is -0.162. The number of ether oxygens (including phenoxy) is 1. The van der Waals surface area contributed by atoms with Crippen molar-refractivity contribution in [1.29, 1.82) is 0 Å². The normalized spacial score (nSPS) is 22.5. The summed E-state index contributed by atoms with van der Waals surface area (Å²) >= 11 is 6.08. The van der Waals surface area contributed by atoms with Gasteiger partial charge in [-0.25, -0.2) is 4.98 Å². The molecule has 0 amide bonds. The Bertz CT molecular complexity index is 771. The van der Waals surface area contributed by atoms with Crippen molar-refractivity contribution in [2.75, 3.05) is 0 Å². The summed E-state index contributed by atoms with van der Waals surface area (Å²) in [6.07, 6.45) is 8.01. The first-order chi connectivity index (χ1) is 12.2. The largest absolute Gasteiger partial charge is 0.370 e. The Morgan fingerprint density at radius 1 is 1.08 bits per heavy atom. The summed E-state index contributed by atoms with van der Waals surface area (Å²) in [5.41, 5.74) is 2.12. The summed E-state index contributed by atoms with van der Waals surface area (Å²) < 4.78 is 8.55. The van der Waals surface area contributed by atoms with E-state index in [0.717, 1.165) is 35.9 Å². The van der Waals surface area contributed by atoms with Gasteiger partial charge in [-0.05, 0) is 83.6 Å². The Morgan fingerprint density at radius 3 is 2.27 bits per heavy atom. The van der Waals surface area contributed by atoms with Crippen molar-refractivity contribution >= 4 is 11.6 Å². The Balaban J connectivity index is 1.69. The fraction of sp³-hybridized carbons (Fsp3) is 0.591. The maximum atomic E-state index is 6.27. The zero-order valence-electron chi connectivity index (χ0n) is 16.3. The molecule has 1 aliphatic heterocycles. The molecule has 26 heavy (non-hydrogen) atoms. The van der Waals surface area contributed by atoms with Crippen LogP contribution in [0.2, 0.25) is 5.02 Å². The topological polar surface area (TPSA) is 27.1 Å². The molecule has 2 aliphatic rings. The Hall–Kier alpha value is -1.32. The highest BCUT2D eigenvalue weighted by Crippen LogP contribution is 2.43. The average molecular weight is 373 g/mol. The van der Waals surface area contributed by atoms with Gasteiger partial charge in [0.2, 0.25) is 0 Å². The van der Waals surface area contributed by atoms with E-state index < -0.39 is 0 Å². The zero-order valence-corrected chi connectivity index (χ0v) is 17.0. The summed E-state index contributed by atoms with van der Waals surface area (Å²) in [5.74, 6) is 2.42. The number of benzene rings is 1. The van der Waals surface area contributed by atoms with Crippen molar-refractivity contribution in [1.82, 2.24) is 9.55 Å². The van der Waals surface area contributed by atoms with E-state index in [4.69, 9.17) is 21.3 Å². The Kier molecular flexibility index (Phi) is 4.44. The van der Waals surface area contributed by atoms with Crippen LogP contribution in [0.5, 0.6) is 0 Å². The maximum Gasteiger partial charge on any atom is 0.113 e. The van der Waals surface area contributed by atoms with Crippen LogP contribution >= 0.6 is 11.6 Å². The molecule has 0 radical (unpaired) electrons. The maximum absolute atomic E-state index is 6.27. The van der Waals surface area contributed by atoms with E-state index in [-0.39, 0.29) is 11.2 Å². The smallest absolute Gasteiger partial charge is 0.113 e. The van der Waals surface area contributed by atoms with Crippen molar-refractivity contribution in [3.8, 4) is 5.69 Å². The minimum Gasteiger partial charge on any atom is -0.370 e. The van der Waals surface area contributed by atoms with E-state index in [1.807, 2.05) is 12.1 Å². The molecule has 2 heterocycles. The summed E-state index contributed by atoms with van der Waals surface area (Å²) in [7, 11) is 0. The van der Waals surface area contributed by atoms with Gasteiger partial charge in [-0.1, -0.05) is 11.6 Å². The molecule has 1 aliphatic carbocycles. The van der Waals surface area contributed by atoms with Gasteiger partial charge in [0, 0.05) is 29.2 Å². The molecule has 0 atom stereocenters. The van der Waals surface area contributed by atoms with Crippen LogP contribution in [0.4, 0.5) is 0 Å². The summed E-state index contributed by atoms with van der Waals surface area (Å²) in [6, 6.07) is 8.08. The van der Waals surface area contributed by atoms with Gasteiger partial charge in [-0.2, -0.15) is 0 Å². The summed E-state index contributed by atoms with van der Waals surface area (Å²) in [6.45, 7) is 8.79. The number of hydrogen-bond donors (Lipinski definition) is 0. The van der Waals surface area contributed by atoms with Gasteiger partial charge in [0.1, 0.15) is 5.82 Å². The molecule has 2 aromatic rings. The molecule has 1 aromatic carbocycles. The third-order valence-electron chi connectivity index (χ3n) is 5.52. The molecule has 0 unspecified atom stereocenters. The van der Waals surface area contributed by atoms with Crippen molar-refractivity contribution in [2.45, 2.75) is 76.9 Å². The summed E-state index contributed by atoms with van der Waals surface area (Å²) in [5, 5.41) is 0.769. The first kappa shape index (κ1) is 18.1. The van der Waals surface area contributed by atoms with Crippen LogP contribution in [-0.2, 0) is 11.2 Å². The molecule has 4 rings (SSSR count). The van der Waals surface area contributed by atoms with Crippen molar-refractivity contribution in [3.05, 3.63) is 47.0 Å². The summed E-state index contributed by atoms with van der Waals surface area (Å²) in [4.78, 5) is 5.12. The van der Waals surface area contributed by atoms with E-state index in [1.165, 1.54) is 24.4 Å². The van der Waals surface area contributed by atoms with E-state index in [0.29, 0.717) is 5.92 Å². The second-order valence-corrected chi connectivity index (χ2v) is 9.74. The van der Waals surface area contributed by atoms with E-state index in [1.54, 1.807) is 0 Å². The van der Waals surface area contributed by atoms with Gasteiger partial charge in [0.05, 0.1) is 16.9 Å². The van der Waals surface area contributed by atoms with E-state index in [2.05, 4.69) is 50.6 Å². The zero-order chi connectivity index (χ0) is 18.5. The first-order valence-corrected chi connectivity index (χ1v) is 10.1. The molecule has 0 N–H and O–H groups in total. The van der Waals surface area contributed by atoms with Crippen LogP contribution in [0.15, 0.2) is 30.5 Å². The molecular formula is C22H29ClN2O. The predicted octanol–water partition coefficient (Wildman–Crippen LogP) is 5.93. The number of rotatable bonds is 4. The minimum absolute atomic E-state index is 0.118. The molecule has 1 saturated heterocycles. The average Bonchev–Trinajstić information content (AvgIpc) is 3.23. The van der Waals surface area contributed by atoms with Crippen LogP contribution in [0.1, 0.15) is 70.8 Å². The second-order valence-electron chi connectivity index (χ2n) is 9.30.